The maximum absolute atomic E-state index is 11.1. The Hall–Kier alpha value is -1.01. The van der Waals surface area contributed by atoms with Crippen LogP contribution in [0.5, 0.6) is 0 Å². The lowest BCUT2D eigenvalue weighted by molar-refractivity contribution is 0.0695. The average Bonchev–Trinajstić information content (AvgIpc) is 2.82. The van der Waals surface area contributed by atoms with Crippen molar-refractivity contribution < 1.29 is 9.90 Å². The molecule has 0 atom stereocenters. The van der Waals surface area contributed by atoms with Crippen molar-refractivity contribution in [1.29, 1.82) is 0 Å². The van der Waals surface area contributed by atoms with Crippen molar-refractivity contribution in [3.63, 3.8) is 0 Å². The Morgan fingerprint density at radius 1 is 1.50 bits per heavy atom. The van der Waals surface area contributed by atoms with Gasteiger partial charge in [-0.2, -0.15) is 16.9 Å². The zero-order valence-corrected chi connectivity index (χ0v) is 13.0. The molecule has 1 saturated carbocycles. The van der Waals surface area contributed by atoms with Gasteiger partial charge in [0.05, 0.1) is 11.9 Å². The van der Waals surface area contributed by atoms with Gasteiger partial charge in [0.25, 0.3) is 0 Å². The molecule has 20 heavy (non-hydrogen) atoms. The van der Waals surface area contributed by atoms with E-state index in [-0.39, 0.29) is 0 Å². The van der Waals surface area contributed by atoms with Crippen LogP contribution in [0.15, 0.2) is 6.20 Å². The third kappa shape index (κ3) is 3.35. The van der Waals surface area contributed by atoms with Gasteiger partial charge in [0.15, 0.2) is 0 Å². The molecule has 1 heterocycles. The normalized spacial score (nSPS) is 18.1. The van der Waals surface area contributed by atoms with E-state index in [9.17, 15) is 4.79 Å². The first-order valence-electron chi connectivity index (χ1n) is 7.08. The van der Waals surface area contributed by atoms with Crippen molar-refractivity contribution in [3.05, 3.63) is 17.5 Å². The summed E-state index contributed by atoms with van der Waals surface area (Å²) in [4.78, 5) is 11.1. The van der Waals surface area contributed by atoms with Crippen LogP contribution in [0.3, 0.4) is 0 Å². The average molecular weight is 297 g/mol. The highest BCUT2D eigenvalue weighted by atomic mass is 32.2. The molecule has 0 aliphatic heterocycles. The monoisotopic (exact) mass is 297 g/mol. The first-order valence-corrected chi connectivity index (χ1v) is 8.30. The molecule has 2 N–H and O–H groups in total. The van der Waals surface area contributed by atoms with Crippen LogP contribution >= 0.6 is 11.8 Å². The lowest BCUT2D eigenvalue weighted by Crippen LogP contribution is -2.39. The summed E-state index contributed by atoms with van der Waals surface area (Å²) >= 11 is 1.94. The van der Waals surface area contributed by atoms with Gasteiger partial charge in [0, 0.05) is 24.9 Å². The number of carboxylic acid groups (broad SMARTS) is 1. The zero-order chi connectivity index (χ0) is 14.6. The third-order valence-corrected chi connectivity index (χ3v) is 5.65. The number of hydrogen-bond acceptors (Lipinski definition) is 4. The molecule has 0 saturated heterocycles. The van der Waals surface area contributed by atoms with E-state index in [2.05, 4.69) is 16.7 Å². The number of carboxylic acids is 1. The van der Waals surface area contributed by atoms with E-state index in [0.29, 0.717) is 16.9 Å². The summed E-state index contributed by atoms with van der Waals surface area (Å²) < 4.78 is 1.96. The lowest BCUT2D eigenvalue weighted by Gasteiger charge is -2.36. The molecule has 0 amide bonds. The Kier molecular flexibility index (Phi) is 5.10. The second kappa shape index (κ2) is 6.63. The van der Waals surface area contributed by atoms with Crippen molar-refractivity contribution >= 4 is 17.7 Å². The van der Waals surface area contributed by atoms with Gasteiger partial charge in [0.1, 0.15) is 5.56 Å². The fraction of sp³-hybridized carbons (Fsp3) is 0.714. The van der Waals surface area contributed by atoms with E-state index in [1.54, 1.807) is 11.7 Å². The molecule has 6 heteroatoms. The number of aromatic carboxylic acids is 1. The fourth-order valence-electron chi connectivity index (χ4n) is 2.91. The molecule has 0 bridgehead atoms. The Bertz CT molecular complexity index is 467. The number of aromatic nitrogens is 2. The number of nitrogens with one attached hydrogen (secondary N) is 1. The zero-order valence-electron chi connectivity index (χ0n) is 12.2. The summed E-state index contributed by atoms with van der Waals surface area (Å²) in [5, 5.41) is 16.6. The van der Waals surface area contributed by atoms with Gasteiger partial charge in [0.2, 0.25) is 0 Å². The quantitative estimate of drug-likeness (QED) is 0.843. The molecule has 2 rings (SSSR count). The van der Waals surface area contributed by atoms with Gasteiger partial charge in [-0.05, 0) is 19.1 Å². The lowest BCUT2D eigenvalue weighted by atomic mass is 9.88. The molecular formula is C14H23N3O2S. The number of thioether (sulfide) groups is 1. The molecule has 1 aromatic heterocycles. The summed E-state index contributed by atoms with van der Waals surface area (Å²) in [6, 6.07) is 0. The standard InChI is InChI=1S/C14H23N3O2S/c1-17-12(11(8-16-17)13(18)19)9-15-10-14(20-2)6-4-3-5-7-14/h8,15H,3-7,9-10H2,1-2H3,(H,18,19). The maximum Gasteiger partial charge on any atom is 0.339 e. The maximum atomic E-state index is 11.1. The van der Waals surface area contributed by atoms with Crippen LogP contribution in [0, 0.1) is 0 Å². The van der Waals surface area contributed by atoms with Gasteiger partial charge in [-0.15, -0.1) is 0 Å². The molecule has 1 aromatic rings. The van der Waals surface area contributed by atoms with E-state index in [4.69, 9.17) is 5.11 Å². The number of nitrogens with zero attached hydrogens (tertiary/aromatic N) is 2. The van der Waals surface area contributed by atoms with E-state index in [1.807, 2.05) is 11.8 Å². The Labute approximate surface area is 124 Å². The molecule has 0 radical (unpaired) electrons. The van der Waals surface area contributed by atoms with E-state index >= 15 is 0 Å². The molecule has 1 fully saturated rings. The van der Waals surface area contributed by atoms with E-state index < -0.39 is 5.97 Å². The van der Waals surface area contributed by atoms with Crippen molar-refractivity contribution in [3.8, 4) is 0 Å². The topological polar surface area (TPSA) is 67.2 Å². The Morgan fingerprint density at radius 3 is 2.80 bits per heavy atom. The molecule has 5 nitrogen and oxygen atoms in total. The van der Waals surface area contributed by atoms with Crippen LogP contribution in [0.4, 0.5) is 0 Å². The van der Waals surface area contributed by atoms with Gasteiger partial charge in [-0.1, -0.05) is 19.3 Å². The summed E-state index contributed by atoms with van der Waals surface area (Å²) in [5.74, 6) is -0.910. The van der Waals surface area contributed by atoms with Gasteiger partial charge < -0.3 is 10.4 Å². The molecular weight excluding hydrogens is 274 g/mol. The number of aryl methyl sites for hydroxylation is 1. The summed E-state index contributed by atoms with van der Waals surface area (Å²) in [7, 11) is 1.79. The van der Waals surface area contributed by atoms with Crippen molar-refractivity contribution in [2.24, 2.45) is 7.05 Å². The first-order chi connectivity index (χ1) is 9.58. The van der Waals surface area contributed by atoms with Crippen molar-refractivity contribution in [2.75, 3.05) is 12.8 Å². The van der Waals surface area contributed by atoms with E-state index in [0.717, 1.165) is 12.2 Å². The highest BCUT2D eigenvalue weighted by molar-refractivity contribution is 8.00. The second-order valence-corrected chi connectivity index (χ2v) is 6.76. The van der Waals surface area contributed by atoms with Crippen LogP contribution in [0.1, 0.15) is 48.2 Å². The first kappa shape index (κ1) is 15.4. The van der Waals surface area contributed by atoms with Crippen LogP contribution in [-0.2, 0) is 13.6 Å². The number of rotatable bonds is 6. The minimum Gasteiger partial charge on any atom is -0.478 e. The predicted octanol–water partition coefficient (Wildman–Crippen LogP) is 2.27. The largest absolute Gasteiger partial charge is 0.478 e. The molecule has 112 valence electrons. The summed E-state index contributed by atoms with van der Waals surface area (Å²) in [5.41, 5.74) is 1.03. The van der Waals surface area contributed by atoms with Gasteiger partial charge in [-0.3, -0.25) is 4.68 Å². The molecule has 0 spiro atoms. The third-order valence-electron chi connectivity index (χ3n) is 4.23. The van der Waals surface area contributed by atoms with Crippen LogP contribution in [-0.4, -0.2) is 38.4 Å². The highest BCUT2D eigenvalue weighted by Crippen LogP contribution is 2.37. The van der Waals surface area contributed by atoms with Gasteiger partial charge >= 0.3 is 5.97 Å². The SMILES string of the molecule is CSC1(CNCc2c(C(=O)O)cnn2C)CCCCC1. The smallest absolute Gasteiger partial charge is 0.339 e. The highest BCUT2D eigenvalue weighted by Gasteiger charge is 2.30. The summed E-state index contributed by atoms with van der Waals surface area (Å²) in [6.45, 7) is 1.48. The van der Waals surface area contributed by atoms with Crippen LogP contribution in [0.2, 0.25) is 0 Å². The van der Waals surface area contributed by atoms with Crippen molar-refractivity contribution in [2.45, 2.75) is 43.4 Å². The van der Waals surface area contributed by atoms with E-state index in [1.165, 1.54) is 38.3 Å². The molecule has 1 aliphatic rings. The minimum absolute atomic E-state index is 0.293. The Morgan fingerprint density at radius 2 is 2.20 bits per heavy atom. The Balaban J connectivity index is 1.95. The number of hydrogen-bond donors (Lipinski definition) is 2. The second-order valence-electron chi connectivity index (χ2n) is 5.49. The molecule has 0 unspecified atom stereocenters. The fourth-order valence-corrected chi connectivity index (χ4v) is 3.85. The minimum atomic E-state index is -0.910. The number of carbonyl (C=O) groups is 1. The predicted molar refractivity (Wildman–Crippen MR) is 81.2 cm³/mol. The summed E-state index contributed by atoms with van der Waals surface area (Å²) in [6.07, 6.45) is 10.0. The van der Waals surface area contributed by atoms with Crippen LogP contribution in [0.25, 0.3) is 0 Å². The molecule has 1 aliphatic carbocycles. The van der Waals surface area contributed by atoms with Crippen molar-refractivity contribution in [1.82, 2.24) is 15.1 Å². The van der Waals surface area contributed by atoms with Gasteiger partial charge in [-0.25, -0.2) is 4.79 Å². The van der Waals surface area contributed by atoms with Crippen LogP contribution < -0.4 is 5.32 Å². The molecule has 0 aromatic carbocycles.